The number of nitrogens with two attached hydrogens (primary N) is 1. The van der Waals surface area contributed by atoms with Crippen LogP contribution in [0.1, 0.15) is 46.4 Å². The Morgan fingerprint density at radius 1 is 1.17 bits per heavy atom. The summed E-state index contributed by atoms with van der Waals surface area (Å²) in [6, 6.07) is 10.2. The van der Waals surface area contributed by atoms with Gasteiger partial charge >= 0.3 is 18.0 Å². The zero-order chi connectivity index (χ0) is 25.8. The zero-order valence-electron chi connectivity index (χ0n) is 18.6. The maximum absolute atomic E-state index is 13.1. The van der Waals surface area contributed by atoms with E-state index in [9.17, 15) is 34.2 Å². The average Bonchev–Trinajstić information content (AvgIpc) is 3.03. The third-order valence-electron chi connectivity index (χ3n) is 5.54. The fraction of sp³-hybridized carbons (Fsp3) is 0.217. The second-order valence-electron chi connectivity index (χ2n) is 8.00. The van der Waals surface area contributed by atoms with Crippen molar-refractivity contribution in [3.8, 4) is 0 Å². The molecule has 2 atom stereocenters. The summed E-state index contributed by atoms with van der Waals surface area (Å²) in [4.78, 5) is 61.7. The Balaban J connectivity index is 1.77. The van der Waals surface area contributed by atoms with Gasteiger partial charge in [0, 0.05) is 0 Å². The molecule has 1 aliphatic heterocycles. The molecule has 0 saturated carbocycles. The molecule has 1 aliphatic rings. The van der Waals surface area contributed by atoms with Gasteiger partial charge in [-0.2, -0.15) is 5.10 Å². The van der Waals surface area contributed by atoms with Crippen molar-refractivity contribution < 1.29 is 34.2 Å². The van der Waals surface area contributed by atoms with Crippen LogP contribution in [-0.4, -0.2) is 57.7 Å². The van der Waals surface area contributed by atoms with Crippen molar-refractivity contribution in [1.29, 1.82) is 0 Å². The van der Waals surface area contributed by atoms with Crippen LogP contribution in [0.5, 0.6) is 0 Å². The summed E-state index contributed by atoms with van der Waals surface area (Å²) in [5.74, 6) is 1.22. The van der Waals surface area contributed by atoms with Crippen molar-refractivity contribution in [2.75, 3.05) is 6.54 Å². The van der Waals surface area contributed by atoms with Crippen LogP contribution in [0.15, 0.2) is 53.6 Å². The molecule has 0 bridgehead atoms. The highest BCUT2D eigenvalue weighted by atomic mass is 16.4. The highest BCUT2D eigenvalue weighted by Gasteiger charge is 2.49. The van der Waals surface area contributed by atoms with Gasteiger partial charge in [-0.1, -0.05) is 36.4 Å². The van der Waals surface area contributed by atoms with Crippen molar-refractivity contribution in [3.05, 3.63) is 70.8 Å². The Kier molecular flexibility index (Phi) is 7.14. The number of carbonyl (C=O) groups excluding carboxylic acids is 3. The predicted molar refractivity (Wildman–Crippen MR) is 122 cm³/mol. The highest BCUT2D eigenvalue weighted by molar-refractivity contribution is 6.09. The van der Waals surface area contributed by atoms with Crippen LogP contribution < -0.4 is 16.5 Å². The summed E-state index contributed by atoms with van der Waals surface area (Å²) in [5, 5.41) is 26.9. The number of amides is 4. The number of carboxylic acids is 2. The fourth-order valence-electron chi connectivity index (χ4n) is 3.72. The van der Waals surface area contributed by atoms with Crippen LogP contribution in [0.2, 0.25) is 0 Å². The molecule has 1 heterocycles. The van der Waals surface area contributed by atoms with Crippen LogP contribution >= 0.6 is 0 Å². The molecule has 2 unspecified atom stereocenters. The van der Waals surface area contributed by atoms with E-state index >= 15 is 0 Å². The second-order valence-corrected chi connectivity index (χ2v) is 8.00. The third kappa shape index (κ3) is 5.43. The first-order valence-corrected chi connectivity index (χ1v) is 10.4. The Hall–Kier alpha value is -4.74. The standard InChI is InChI=1S/C23H23N5O7/c1-23(16-7-5-13(6-8-16)11-25-24)21(34)28(22(35)27-23)12-18(29)26-17(10-19(30)31)14-3-2-4-15(9-14)20(32)33/h2-9,11,17H,10,12,24H2,1H3,(H,26,29)(H,27,35)(H,30,31)(H,32,33). The molecule has 4 amide bonds. The van der Waals surface area contributed by atoms with E-state index in [1.807, 2.05) is 0 Å². The minimum Gasteiger partial charge on any atom is -0.481 e. The summed E-state index contributed by atoms with van der Waals surface area (Å²) in [5.41, 5.74) is -0.0949. The van der Waals surface area contributed by atoms with Gasteiger partial charge in [-0.3, -0.25) is 19.3 Å². The quantitative estimate of drug-likeness (QED) is 0.150. The number of carboxylic acid groups (broad SMARTS) is 2. The smallest absolute Gasteiger partial charge is 0.335 e. The molecule has 1 fully saturated rings. The fourth-order valence-corrected chi connectivity index (χ4v) is 3.72. The number of imide groups is 1. The minimum atomic E-state index is -1.42. The molecule has 2 aromatic carbocycles. The molecule has 0 aliphatic carbocycles. The van der Waals surface area contributed by atoms with Gasteiger partial charge in [-0.25, -0.2) is 9.59 Å². The summed E-state index contributed by atoms with van der Waals surface area (Å²) in [6.07, 6.45) is 0.878. The first-order valence-electron chi connectivity index (χ1n) is 10.4. The molecule has 182 valence electrons. The van der Waals surface area contributed by atoms with Gasteiger partial charge < -0.3 is 26.7 Å². The Labute approximate surface area is 199 Å². The summed E-state index contributed by atoms with van der Waals surface area (Å²) in [6.45, 7) is 0.842. The van der Waals surface area contributed by atoms with Crippen LogP contribution in [0.3, 0.4) is 0 Å². The van der Waals surface area contributed by atoms with Gasteiger partial charge in [-0.15, -0.1) is 0 Å². The van der Waals surface area contributed by atoms with Gasteiger partial charge in [0.25, 0.3) is 5.91 Å². The van der Waals surface area contributed by atoms with Gasteiger partial charge in [0.1, 0.15) is 12.1 Å². The predicted octanol–water partition coefficient (Wildman–Crippen LogP) is 0.777. The number of benzene rings is 2. The minimum absolute atomic E-state index is 0.0826. The van der Waals surface area contributed by atoms with Crippen LogP contribution in [-0.2, 0) is 19.9 Å². The maximum atomic E-state index is 13.1. The molecule has 6 N–H and O–H groups in total. The summed E-state index contributed by atoms with van der Waals surface area (Å²) in [7, 11) is 0. The van der Waals surface area contributed by atoms with Gasteiger partial charge in [0.15, 0.2) is 0 Å². The monoisotopic (exact) mass is 481 g/mol. The molecule has 2 aromatic rings. The Morgan fingerprint density at radius 3 is 2.46 bits per heavy atom. The molecular formula is C23H23N5O7. The number of carbonyl (C=O) groups is 5. The van der Waals surface area contributed by atoms with E-state index in [0.717, 1.165) is 4.90 Å². The van der Waals surface area contributed by atoms with E-state index in [0.29, 0.717) is 11.1 Å². The number of nitrogens with one attached hydrogen (secondary N) is 2. The van der Waals surface area contributed by atoms with E-state index in [1.165, 1.54) is 37.4 Å². The molecule has 3 rings (SSSR count). The van der Waals surface area contributed by atoms with Crippen molar-refractivity contribution in [2.24, 2.45) is 10.9 Å². The number of urea groups is 1. The molecule has 0 aromatic heterocycles. The number of aromatic carboxylic acids is 1. The van der Waals surface area contributed by atoms with E-state index in [4.69, 9.17) is 5.84 Å². The molecule has 12 nitrogen and oxygen atoms in total. The summed E-state index contributed by atoms with van der Waals surface area (Å²) < 4.78 is 0. The van der Waals surface area contributed by atoms with Crippen molar-refractivity contribution in [2.45, 2.75) is 24.9 Å². The molecule has 35 heavy (non-hydrogen) atoms. The van der Waals surface area contributed by atoms with E-state index < -0.39 is 54.3 Å². The number of rotatable bonds is 9. The molecule has 12 heteroatoms. The third-order valence-corrected chi connectivity index (χ3v) is 5.54. The number of hydrogen-bond acceptors (Lipinski definition) is 7. The van der Waals surface area contributed by atoms with Gasteiger partial charge in [0.2, 0.25) is 5.91 Å². The number of hydrogen-bond donors (Lipinski definition) is 5. The number of hydrazone groups is 1. The number of aliphatic carboxylic acids is 1. The van der Waals surface area contributed by atoms with Crippen LogP contribution in [0, 0.1) is 0 Å². The zero-order valence-corrected chi connectivity index (χ0v) is 18.6. The lowest BCUT2D eigenvalue weighted by Gasteiger charge is -2.23. The van der Waals surface area contributed by atoms with E-state index in [2.05, 4.69) is 15.7 Å². The van der Waals surface area contributed by atoms with E-state index in [-0.39, 0.29) is 11.1 Å². The van der Waals surface area contributed by atoms with Gasteiger partial charge in [0.05, 0.1) is 24.2 Å². The van der Waals surface area contributed by atoms with Crippen molar-refractivity contribution in [3.63, 3.8) is 0 Å². The summed E-state index contributed by atoms with van der Waals surface area (Å²) >= 11 is 0. The van der Waals surface area contributed by atoms with Crippen molar-refractivity contribution >= 4 is 36.0 Å². The first kappa shape index (κ1) is 24.9. The lowest BCUT2D eigenvalue weighted by Crippen LogP contribution is -2.44. The van der Waals surface area contributed by atoms with Crippen LogP contribution in [0.25, 0.3) is 0 Å². The first-order chi connectivity index (χ1) is 16.5. The van der Waals surface area contributed by atoms with E-state index in [1.54, 1.807) is 24.3 Å². The average molecular weight is 481 g/mol. The Bertz CT molecular complexity index is 1210. The molecule has 0 spiro atoms. The lowest BCUT2D eigenvalue weighted by molar-refractivity contribution is -0.138. The highest BCUT2D eigenvalue weighted by Crippen LogP contribution is 2.29. The second kappa shape index (κ2) is 10.0. The topological polar surface area (TPSA) is 191 Å². The van der Waals surface area contributed by atoms with Gasteiger partial charge in [-0.05, 0) is 35.7 Å². The molecule has 0 radical (unpaired) electrons. The Morgan fingerprint density at radius 2 is 1.86 bits per heavy atom. The van der Waals surface area contributed by atoms with Crippen molar-refractivity contribution in [1.82, 2.24) is 15.5 Å². The SMILES string of the molecule is CC1(c2ccc(C=NN)cc2)NC(=O)N(CC(=O)NC(CC(=O)O)c2cccc(C(=O)O)c2)C1=O. The number of nitrogens with zero attached hydrogens (tertiary/aromatic N) is 2. The maximum Gasteiger partial charge on any atom is 0.335 e. The lowest BCUT2D eigenvalue weighted by atomic mass is 9.91. The normalized spacial score (nSPS) is 18.4. The molecule has 1 saturated heterocycles. The largest absolute Gasteiger partial charge is 0.481 e. The molecular weight excluding hydrogens is 458 g/mol. The van der Waals surface area contributed by atoms with Crippen LogP contribution in [0.4, 0.5) is 4.79 Å².